The van der Waals surface area contributed by atoms with Crippen LogP contribution in [0.15, 0.2) is 6.20 Å². The molecular weight excluding hydrogens is 322 g/mol. The van der Waals surface area contributed by atoms with Crippen LogP contribution in [-0.4, -0.2) is 70.3 Å². The summed E-state index contributed by atoms with van der Waals surface area (Å²) in [5.41, 5.74) is -0.525. The first-order chi connectivity index (χ1) is 10.9. The molecule has 0 radical (unpaired) electrons. The van der Waals surface area contributed by atoms with Crippen LogP contribution < -0.4 is 0 Å². The molecule has 0 saturated carbocycles. The van der Waals surface area contributed by atoms with Gasteiger partial charge in [-0.3, -0.25) is 9.48 Å². The molecule has 0 bridgehead atoms. The predicted molar refractivity (Wildman–Crippen MR) is 85.4 cm³/mol. The smallest absolute Gasteiger partial charge is 0.275 e. The Morgan fingerprint density at radius 2 is 2.35 bits per heavy atom. The summed E-state index contributed by atoms with van der Waals surface area (Å²) in [7, 11) is 3.31. The predicted octanol–water partition coefficient (Wildman–Crippen LogP) is 0.686. The van der Waals surface area contributed by atoms with Gasteiger partial charge in [0.05, 0.1) is 17.7 Å². The Morgan fingerprint density at radius 3 is 2.91 bits per heavy atom. The highest BCUT2D eigenvalue weighted by molar-refractivity contribution is 6.33. The minimum atomic E-state index is -0.728. The molecule has 2 atom stereocenters. The number of carbonyl (C=O) groups excluding carboxylic acids is 1. The van der Waals surface area contributed by atoms with Crippen molar-refractivity contribution >= 4 is 17.5 Å². The number of methoxy groups -OCH3 is 1. The van der Waals surface area contributed by atoms with Crippen LogP contribution in [0.2, 0.25) is 5.02 Å². The Balaban J connectivity index is 2.15. The minimum absolute atomic E-state index is 0.183. The van der Waals surface area contributed by atoms with E-state index in [0.717, 1.165) is 0 Å². The van der Waals surface area contributed by atoms with Crippen molar-refractivity contribution in [2.75, 3.05) is 33.4 Å². The first-order valence-electron chi connectivity index (χ1n) is 7.70. The number of piperidine rings is 1. The maximum absolute atomic E-state index is 12.7. The van der Waals surface area contributed by atoms with E-state index in [1.165, 1.54) is 4.68 Å². The van der Waals surface area contributed by atoms with Gasteiger partial charge in [0.1, 0.15) is 0 Å². The van der Waals surface area contributed by atoms with Gasteiger partial charge in [-0.05, 0) is 19.3 Å². The van der Waals surface area contributed by atoms with E-state index in [4.69, 9.17) is 16.3 Å². The van der Waals surface area contributed by atoms with E-state index in [9.17, 15) is 15.0 Å². The first kappa shape index (κ1) is 18.2. The molecule has 0 spiro atoms. The third-order valence-electron chi connectivity index (χ3n) is 4.50. The zero-order valence-electron chi connectivity index (χ0n) is 13.5. The van der Waals surface area contributed by atoms with Gasteiger partial charge in [-0.2, -0.15) is 5.10 Å². The van der Waals surface area contributed by atoms with Gasteiger partial charge in [0.25, 0.3) is 5.91 Å². The summed E-state index contributed by atoms with van der Waals surface area (Å²) in [4.78, 5) is 14.3. The molecule has 1 amide bonds. The minimum Gasteiger partial charge on any atom is -0.396 e. The Hall–Kier alpha value is -1.15. The molecular formula is C15H24ClN3O4. The van der Waals surface area contributed by atoms with E-state index in [1.54, 1.807) is 25.3 Å². The van der Waals surface area contributed by atoms with E-state index in [-0.39, 0.29) is 24.8 Å². The second-order valence-corrected chi connectivity index (χ2v) is 6.55. The van der Waals surface area contributed by atoms with Gasteiger partial charge in [-0.15, -0.1) is 0 Å². The van der Waals surface area contributed by atoms with Crippen molar-refractivity contribution in [3.63, 3.8) is 0 Å². The van der Waals surface area contributed by atoms with Gasteiger partial charge in [0.2, 0.25) is 0 Å². The van der Waals surface area contributed by atoms with Crippen molar-refractivity contribution in [3.8, 4) is 0 Å². The third-order valence-corrected chi connectivity index (χ3v) is 4.77. The largest absolute Gasteiger partial charge is 0.396 e. The van der Waals surface area contributed by atoms with Crippen molar-refractivity contribution < 1.29 is 19.7 Å². The number of amides is 1. The maximum atomic E-state index is 12.7. The molecule has 8 heteroatoms. The fourth-order valence-corrected chi connectivity index (χ4v) is 3.38. The summed E-state index contributed by atoms with van der Waals surface area (Å²) < 4.78 is 6.54. The van der Waals surface area contributed by atoms with Crippen molar-refractivity contribution in [1.82, 2.24) is 14.7 Å². The summed E-state index contributed by atoms with van der Waals surface area (Å²) in [6.45, 7) is 1.06. The number of halogens is 1. The second-order valence-electron chi connectivity index (χ2n) is 6.15. The van der Waals surface area contributed by atoms with Crippen LogP contribution in [-0.2, 0) is 11.8 Å². The fraction of sp³-hybridized carbons (Fsp3) is 0.733. The Morgan fingerprint density at radius 1 is 1.61 bits per heavy atom. The molecule has 7 nitrogen and oxygen atoms in total. The highest BCUT2D eigenvalue weighted by atomic mass is 35.5. The summed E-state index contributed by atoms with van der Waals surface area (Å²) in [6, 6.07) is 0. The van der Waals surface area contributed by atoms with E-state index >= 15 is 0 Å². The molecule has 2 N–H and O–H groups in total. The summed E-state index contributed by atoms with van der Waals surface area (Å²) in [5, 5.41) is 24.6. The zero-order valence-corrected chi connectivity index (χ0v) is 14.3. The SMILES string of the molecule is COCCC[C@@]1(CO)CN(C(=O)c2nn(C)cc2Cl)CC[C@H]1O. The van der Waals surface area contributed by atoms with Gasteiger partial charge in [-0.25, -0.2) is 0 Å². The Kier molecular flexibility index (Phi) is 6.02. The monoisotopic (exact) mass is 345 g/mol. The lowest BCUT2D eigenvalue weighted by Gasteiger charge is -2.45. The molecule has 0 unspecified atom stereocenters. The zero-order chi connectivity index (χ0) is 17.0. The molecule has 130 valence electrons. The normalized spacial score (nSPS) is 24.9. The van der Waals surface area contributed by atoms with E-state index in [1.807, 2.05) is 0 Å². The Bertz CT molecular complexity index is 551. The van der Waals surface area contributed by atoms with Crippen LogP contribution in [0.4, 0.5) is 0 Å². The van der Waals surface area contributed by atoms with E-state index in [2.05, 4.69) is 5.10 Å². The third kappa shape index (κ3) is 3.85. The molecule has 1 saturated heterocycles. The highest BCUT2D eigenvalue weighted by Crippen LogP contribution is 2.35. The van der Waals surface area contributed by atoms with Gasteiger partial charge < -0.3 is 19.8 Å². The van der Waals surface area contributed by atoms with Crippen molar-refractivity contribution in [2.24, 2.45) is 12.5 Å². The number of nitrogens with zero attached hydrogens (tertiary/aromatic N) is 3. The van der Waals surface area contributed by atoms with Crippen LogP contribution >= 0.6 is 11.6 Å². The van der Waals surface area contributed by atoms with E-state index < -0.39 is 11.5 Å². The van der Waals surface area contributed by atoms with Crippen molar-refractivity contribution in [3.05, 3.63) is 16.9 Å². The number of hydrogen-bond donors (Lipinski definition) is 2. The number of carbonyl (C=O) groups is 1. The average Bonchev–Trinajstić information content (AvgIpc) is 2.87. The van der Waals surface area contributed by atoms with Crippen LogP contribution in [0.3, 0.4) is 0 Å². The summed E-state index contributed by atoms with van der Waals surface area (Å²) in [5.74, 6) is -0.271. The van der Waals surface area contributed by atoms with Crippen LogP contribution in [0.1, 0.15) is 29.8 Å². The molecule has 1 aliphatic rings. The van der Waals surface area contributed by atoms with E-state index in [0.29, 0.717) is 37.4 Å². The lowest BCUT2D eigenvalue weighted by atomic mass is 9.74. The van der Waals surface area contributed by atoms with Gasteiger partial charge in [0.15, 0.2) is 5.69 Å². The number of hydrogen-bond acceptors (Lipinski definition) is 5. The number of aryl methyl sites for hydroxylation is 1. The maximum Gasteiger partial charge on any atom is 0.275 e. The number of likely N-dealkylation sites (tertiary alicyclic amines) is 1. The molecule has 1 fully saturated rings. The summed E-state index contributed by atoms with van der Waals surface area (Å²) in [6.07, 6.45) is 2.64. The fourth-order valence-electron chi connectivity index (χ4n) is 3.13. The molecule has 0 aromatic carbocycles. The molecule has 1 aromatic heterocycles. The van der Waals surface area contributed by atoms with Crippen LogP contribution in [0, 0.1) is 5.41 Å². The quantitative estimate of drug-likeness (QED) is 0.740. The van der Waals surface area contributed by atoms with Gasteiger partial charge in [-0.1, -0.05) is 11.6 Å². The second kappa shape index (κ2) is 7.61. The number of ether oxygens (including phenoxy) is 1. The number of aromatic nitrogens is 2. The standard InChI is InChI=1S/C15H24ClN3O4/c1-18-8-11(16)13(17-18)14(22)19-6-4-12(21)15(9-19,10-20)5-3-7-23-2/h8,12,20-21H,3-7,9-10H2,1-2H3/t12-,15+/m1/s1. The molecule has 1 aliphatic heterocycles. The molecule has 0 aliphatic carbocycles. The molecule has 23 heavy (non-hydrogen) atoms. The molecule has 2 heterocycles. The lowest BCUT2D eigenvalue weighted by Crippen LogP contribution is -2.55. The Labute approximate surface area is 140 Å². The first-order valence-corrected chi connectivity index (χ1v) is 8.07. The average molecular weight is 346 g/mol. The van der Waals surface area contributed by atoms with Crippen molar-refractivity contribution in [1.29, 1.82) is 0 Å². The molecule has 1 aromatic rings. The van der Waals surface area contributed by atoms with Crippen LogP contribution in [0.25, 0.3) is 0 Å². The van der Waals surface area contributed by atoms with Gasteiger partial charge in [0, 0.05) is 45.5 Å². The van der Waals surface area contributed by atoms with Crippen LogP contribution in [0.5, 0.6) is 0 Å². The number of rotatable bonds is 6. The van der Waals surface area contributed by atoms with Crippen molar-refractivity contribution in [2.45, 2.75) is 25.4 Å². The number of aliphatic hydroxyl groups is 2. The number of aliphatic hydroxyl groups excluding tert-OH is 2. The molecule has 2 rings (SSSR count). The summed E-state index contributed by atoms with van der Waals surface area (Å²) >= 11 is 6.05. The highest BCUT2D eigenvalue weighted by Gasteiger charge is 2.43. The van der Waals surface area contributed by atoms with Gasteiger partial charge >= 0.3 is 0 Å². The lowest BCUT2D eigenvalue weighted by molar-refractivity contribution is -0.0746. The topological polar surface area (TPSA) is 87.8 Å².